The van der Waals surface area contributed by atoms with Gasteiger partial charge in [-0.05, 0) is 49.9 Å². The van der Waals surface area contributed by atoms with Gasteiger partial charge in [0.25, 0.3) is 0 Å². The topological polar surface area (TPSA) is 55.1 Å². The molecule has 1 aliphatic carbocycles. The van der Waals surface area contributed by atoms with Gasteiger partial charge in [0, 0.05) is 5.92 Å². The van der Waals surface area contributed by atoms with E-state index in [1.165, 1.54) is 12.1 Å². The molecule has 3 atom stereocenters. The number of carbonyl (C=O) groups is 1. The summed E-state index contributed by atoms with van der Waals surface area (Å²) in [7, 11) is 0. The van der Waals surface area contributed by atoms with Gasteiger partial charge in [-0.2, -0.15) is 0 Å². The summed E-state index contributed by atoms with van der Waals surface area (Å²) in [6.45, 7) is 2.49. The fraction of sp³-hybridized carbons (Fsp3) is 0.533. The van der Waals surface area contributed by atoms with E-state index in [-0.39, 0.29) is 23.7 Å². The molecule has 19 heavy (non-hydrogen) atoms. The molecule has 1 saturated carbocycles. The predicted molar refractivity (Wildman–Crippen MR) is 72.8 cm³/mol. The van der Waals surface area contributed by atoms with Crippen LogP contribution < -0.4 is 11.1 Å². The third kappa shape index (κ3) is 3.32. The lowest BCUT2D eigenvalue weighted by molar-refractivity contribution is -0.126. The highest BCUT2D eigenvalue weighted by atomic mass is 19.1. The highest BCUT2D eigenvalue weighted by Crippen LogP contribution is 2.31. The molecule has 2 rings (SSSR count). The van der Waals surface area contributed by atoms with Crippen molar-refractivity contribution in [3.63, 3.8) is 0 Å². The molecule has 0 spiro atoms. The minimum absolute atomic E-state index is 0.0351. The first kappa shape index (κ1) is 14.0. The zero-order chi connectivity index (χ0) is 13.8. The Morgan fingerprint density at radius 2 is 2.11 bits per heavy atom. The number of carbonyl (C=O) groups excluding carboxylic acids is 1. The lowest BCUT2D eigenvalue weighted by atomic mass is 9.94. The maximum Gasteiger partial charge on any atom is 0.223 e. The fourth-order valence-electron chi connectivity index (χ4n) is 2.82. The first-order valence-corrected chi connectivity index (χ1v) is 6.87. The number of nitrogens with two attached hydrogens (primary N) is 1. The Morgan fingerprint density at radius 3 is 2.74 bits per heavy atom. The van der Waals surface area contributed by atoms with E-state index >= 15 is 0 Å². The summed E-state index contributed by atoms with van der Waals surface area (Å²) >= 11 is 0. The van der Waals surface area contributed by atoms with Gasteiger partial charge in [-0.25, -0.2) is 4.39 Å². The Morgan fingerprint density at radius 1 is 1.42 bits per heavy atom. The molecule has 3 nitrogen and oxygen atoms in total. The standard InChI is InChI=1S/C15H21FN2O/c1-10(11-5-7-13(16)8-6-11)18-15(19)14-4-2-3-12(14)9-17/h5-8,10,12,14H,2-4,9,17H2,1H3,(H,18,19). The van der Waals surface area contributed by atoms with Crippen molar-refractivity contribution in [2.45, 2.75) is 32.2 Å². The Labute approximate surface area is 113 Å². The van der Waals surface area contributed by atoms with Gasteiger partial charge in [0.1, 0.15) is 5.82 Å². The monoisotopic (exact) mass is 264 g/mol. The van der Waals surface area contributed by atoms with Crippen LogP contribution >= 0.6 is 0 Å². The van der Waals surface area contributed by atoms with Crippen molar-refractivity contribution >= 4 is 5.91 Å². The third-order valence-electron chi connectivity index (χ3n) is 4.03. The minimum atomic E-state index is -0.263. The molecule has 0 aromatic heterocycles. The second-order valence-corrected chi connectivity index (χ2v) is 5.32. The molecule has 1 amide bonds. The van der Waals surface area contributed by atoms with Gasteiger partial charge < -0.3 is 11.1 Å². The van der Waals surface area contributed by atoms with Crippen LogP contribution in [-0.2, 0) is 4.79 Å². The molecule has 3 N–H and O–H groups in total. The Kier molecular flexibility index (Phi) is 4.53. The van der Waals surface area contributed by atoms with Crippen LogP contribution in [0.5, 0.6) is 0 Å². The van der Waals surface area contributed by atoms with E-state index in [4.69, 9.17) is 5.73 Å². The van der Waals surface area contributed by atoms with E-state index < -0.39 is 0 Å². The summed E-state index contributed by atoms with van der Waals surface area (Å²) in [5, 5.41) is 3.00. The number of hydrogen-bond acceptors (Lipinski definition) is 2. The molecular formula is C15H21FN2O. The largest absolute Gasteiger partial charge is 0.349 e. The molecular weight excluding hydrogens is 243 g/mol. The summed E-state index contributed by atoms with van der Waals surface area (Å²) in [4.78, 5) is 12.2. The van der Waals surface area contributed by atoms with Crippen molar-refractivity contribution in [1.29, 1.82) is 0 Å². The third-order valence-corrected chi connectivity index (χ3v) is 4.03. The molecule has 0 heterocycles. The van der Waals surface area contributed by atoms with Crippen LogP contribution in [0.2, 0.25) is 0 Å². The average molecular weight is 264 g/mol. The van der Waals surface area contributed by atoms with E-state index in [1.54, 1.807) is 12.1 Å². The molecule has 4 heteroatoms. The van der Waals surface area contributed by atoms with E-state index in [1.807, 2.05) is 6.92 Å². The normalized spacial score (nSPS) is 24.2. The van der Waals surface area contributed by atoms with Gasteiger partial charge >= 0.3 is 0 Å². The van der Waals surface area contributed by atoms with E-state index in [2.05, 4.69) is 5.32 Å². The quantitative estimate of drug-likeness (QED) is 0.877. The fourth-order valence-corrected chi connectivity index (χ4v) is 2.82. The minimum Gasteiger partial charge on any atom is -0.349 e. The average Bonchev–Trinajstić information content (AvgIpc) is 2.87. The molecule has 1 fully saturated rings. The summed E-state index contributed by atoms with van der Waals surface area (Å²) in [6, 6.07) is 6.13. The van der Waals surface area contributed by atoms with Gasteiger partial charge in [0.05, 0.1) is 6.04 Å². The maximum absolute atomic E-state index is 12.9. The molecule has 0 saturated heterocycles. The molecule has 104 valence electrons. The number of benzene rings is 1. The summed E-state index contributed by atoms with van der Waals surface area (Å²) in [6.07, 6.45) is 3.04. The first-order valence-electron chi connectivity index (χ1n) is 6.87. The molecule has 0 radical (unpaired) electrons. The van der Waals surface area contributed by atoms with Crippen LogP contribution in [-0.4, -0.2) is 12.5 Å². The number of nitrogens with one attached hydrogen (secondary N) is 1. The van der Waals surface area contributed by atoms with Gasteiger partial charge in [0.2, 0.25) is 5.91 Å². The van der Waals surface area contributed by atoms with Gasteiger partial charge in [-0.15, -0.1) is 0 Å². The molecule has 1 aromatic carbocycles. The van der Waals surface area contributed by atoms with Crippen LogP contribution in [0.1, 0.15) is 37.8 Å². The molecule has 0 aliphatic heterocycles. The van der Waals surface area contributed by atoms with E-state index in [0.29, 0.717) is 12.5 Å². The Bertz CT molecular complexity index is 432. The van der Waals surface area contributed by atoms with Crippen molar-refractivity contribution in [3.8, 4) is 0 Å². The molecule has 1 aliphatic rings. The number of hydrogen-bond donors (Lipinski definition) is 2. The van der Waals surface area contributed by atoms with Gasteiger partial charge in [0.15, 0.2) is 0 Å². The number of halogens is 1. The lowest BCUT2D eigenvalue weighted by Crippen LogP contribution is -2.36. The van der Waals surface area contributed by atoms with Crippen LogP contribution in [0.15, 0.2) is 24.3 Å². The SMILES string of the molecule is CC(NC(=O)C1CCCC1CN)c1ccc(F)cc1. The van der Waals surface area contributed by atoms with Crippen molar-refractivity contribution in [1.82, 2.24) is 5.32 Å². The zero-order valence-electron chi connectivity index (χ0n) is 11.2. The molecule has 0 bridgehead atoms. The number of rotatable bonds is 4. The van der Waals surface area contributed by atoms with Crippen molar-refractivity contribution in [2.75, 3.05) is 6.54 Å². The summed E-state index contributed by atoms with van der Waals surface area (Å²) in [5.41, 5.74) is 6.61. The van der Waals surface area contributed by atoms with E-state index in [0.717, 1.165) is 24.8 Å². The zero-order valence-corrected chi connectivity index (χ0v) is 11.2. The van der Waals surface area contributed by atoms with Gasteiger partial charge in [-0.3, -0.25) is 4.79 Å². The first-order chi connectivity index (χ1) is 9.11. The van der Waals surface area contributed by atoms with Crippen LogP contribution in [0.4, 0.5) is 4.39 Å². The van der Waals surface area contributed by atoms with Crippen LogP contribution in [0.3, 0.4) is 0 Å². The highest BCUT2D eigenvalue weighted by molar-refractivity contribution is 5.79. The van der Waals surface area contributed by atoms with Crippen molar-refractivity contribution in [2.24, 2.45) is 17.6 Å². The van der Waals surface area contributed by atoms with Crippen LogP contribution in [0.25, 0.3) is 0 Å². The smallest absolute Gasteiger partial charge is 0.223 e. The Balaban J connectivity index is 1.96. The van der Waals surface area contributed by atoms with Crippen LogP contribution in [0, 0.1) is 17.7 Å². The molecule has 3 unspecified atom stereocenters. The maximum atomic E-state index is 12.9. The summed E-state index contributed by atoms with van der Waals surface area (Å²) < 4.78 is 12.9. The second kappa shape index (κ2) is 6.15. The number of amides is 1. The van der Waals surface area contributed by atoms with Gasteiger partial charge in [-0.1, -0.05) is 18.6 Å². The van der Waals surface area contributed by atoms with E-state index in [9.17, 15) is 9.18 Å². The lowest BCUT2D eigenvalue weighted by Gasteiger charge is -2.21. The molecule has 1 aromatic rings. The summed E-state index contributed by atoms with van der Waals surface area (Å²) in [5.74, 6) is 0.152. The predicted octanol–water partition coefficient (Wildman–Crippen LogP) is 2.38. The van der Waals surface area contributed by atoms with Crippen molar-refractivity contribution in [3.05, 3.63) is 35.6 Å². The second-order valence-electron chi connectivity index (χ2n) is 5.32. The highest BCUT2D eigenvalue weighted by Gasteiger charge is 2.32. The Hall–Kier alpha value is -1.42. The van der Waals surface area contributed by atoms with Crippen molar-refractivity contribution < 1.29 is 9.18 Å².